The molecule has 8 heteroatoms. The number of para-hydroxylation sites is 1. The summed E-state index contributed by atoms with van der Waals surface area (Å²) >= 11 is 0. The van der Waals surface area contributed by atoms with Crippen molar-refractivity contribution in [3.8, 4) is 17.2 Å². The number of nitrogens with zero attached hydrogens (tertiary/aromatic N) is 4. The summed E-state index contributed by atoms with van der Waals surface area (Å²) in [5, 5.41) is 4.52. The van der Waals surface area contributed by atoms with Crippen LogP contribution in [0, 0.1) is 0 Å². The summed E-state index contributed by atoms with van der Waals surface area (Å²) in [6, 6.07) is 14.7. The molecule has 0 saturated carbocycles. The van der Waals surface area contributed by atoms with Gasteiger partial charge in [-0.15, -0.1) is 0 Å². The molecule has 4 rings (SSSR count). The number of rotatable bonds is 5. The number of amides is 1. The molecule has 1 fully saturated rings. The number of likely N-dealkylation sites (tertiary alicyclic amines) is 1. The fraction of sp³-hybridized carbons (Fsp3) is 0.348. The van der Waals surface area contributed by atoms with Crippen LogP contribution in [0.1, 0.15) is 34.9 Å². The summed E-state index contributed by atoms with van der Waals surface area (Å²) in [6.45, 7) is 1.14. The van der Waals surface area contributed by atoms with Gasteiger partial charge in [-0.25, -0.2) is 14.0 Å². The van der Waals surface area contributed by atoms with Crippen molar-refractivity contribution in [3.05, 3.63) is 70.4 Å². The predicted molar refractivity (Wildman–Crippen MR) is 116 cm³/mol. The third-order valence-electron chi connectivity index (χ3n) is 5.64. The van der Waals surface area contributed by atoms with Crippen molar-refractivity contribution in [2.75, 3.05) is 27.3 Å². The van der Waals surface area contributed by atoms with Crippen LogP contribution < -0.4 is 15.2 Å². The van der Waals surface area contributed by atoms with Crippen molar-refractivity contribution >= 4 is 5.91 Å². The van der Waals surface area contributed by atoms with Gasteiger partial charge in [0, 0.05) is 37.7 Å². The van der Waals surface area contributed by atoms with Gasteiger partial charge in [-0.2, -0.15) is 5.10 Å². The Morgan fingerprint density at radius 2 is 1.74 bits per heavy atom. The molecule has 0 radical (unpaired) electrons. The van der Waals surface area contributed by atoms with Gasteiger partial charge in [0.05, 0.1) is 19.9 Å². The SMILES string of the molecule is COc1cc(OC)cc(C(=O)N2CCCC(c3nn(C)c(=O)n3-c3ccccc3)C2)c1. The average molecular weight is 422 g/mol. The zero-order valence-corrected chi connectivity index (χ0v) is 17.9. The van der Waals surface area contributed by atoms with Crippen LogP contribution in [0.5, 0.6) is 11.5 Å². The molecule has 2 aromatic carbocycles. The Morgan fingerprint density at radius 3 is 2.39 bits per heavy atom. The Hall–Kier alpha value is -3.55. The molecule has 1 unspecified atom stereocenters. The van der Waals surface area contributed by atoms with Gasteiger partial charge in [0.15, 0.2) is 0 Å². The van der Waals surface area contributed by atoms with Crippen molar-refractivity contribution in [3.63, 3.8) is 0 Å². The van der Waals surface area contributed by atoms with Gasteiger partial charge in [-0.3, -0.25) is 4.79 Å². The zero-order chi connectivity index (χ0) is 22.0. The Balaban J connectivity index is 1.64. The van der Waals surface area contributed by atoms with Crippen molar-refractivity contribution < 1.29 is 14.3 Å². The molecular weight excluding hydrogens is 396 g/mol. The highest BCUT2D eigenvalue weighted by molar-refractivity contribution is 5.95. The second kappa shape index (κ2) is 8.67. The van der Waals surface area contributed by atoms with Crippen LogP contribution in [0.15, 0.2) is 53.3 Å². The molecule has 3 aromatic rings. The van der Waals surface area contributed by atoms with E-state index in [-0.39, 0.29) is 17.5 Å². The summed E-state index contributed by atoms with van der Waals surface area (Å²) in [5.74, 6) is 1.68. The Bertz CT molecular complexity index is 1110. The Labute approximate surface area is 180 Å². The van der Waals surface area contributed by atoms with Crippen molar-refractivity contribution in [1.29, 1.82) is 0 Å². The highest BCUT2D eigenvalue weighted by Crippen LogP contribution is 2.29. The topological polar surface area (TPSA) is 78.6 Å². The lowest BCUT2D eigenvalue weighted by Crippen LogP contribution is -2.40. The van der Waals surface area contributed by atoms with Crippen molar-refractivity contribution in [2.24, 2.45) is 7.05 Å². The number of hydrogen-bond donors (Lipinski definition) is 0. The monoisotopic (exact) mass is 422 g/mol. The number of aromatic nitrogens is 3. The van der Waals surface area contributed by atoms with Gasteiger partial charge in [0.2, 0.25) is 0 Å². The molecule has 1 aliphatic heterocycles. The first kappa shape index (κ1) is 20.7. The highest BCUT2D eigenvalue weighted by atomic mass is 16.5. The average Bonchev–Trinajstić information content (AvgIpc) is 3.13. The molecule has 1 aromatic heterocycles. The number of hydrogen-bond acceptors (Lipinski definition) is 5. The van der Waals surface area contributed by atoms with Gasteiger partial charge in [-0.05, 0) is 37.1 Å². The van der Waals surface area contributed by atoms with E-state index in [0.717, 1.165) is 18.5 Å². The Kier molecular flexibility index (Phi) is 5.79. The zero-order valence-electron chi connectivity index (χ0n) is 17.9. The summed E-state index contributed by atoms with van der Waals surface area (Å²) in [7, 11) is 4.77. The van der Waals surface area contributed by atoms with Gasteiger partial charge in [0.25, 0.3) is 5.91 Å². The van der Waals surface area contributed by atoms with Crippen LogP contribution >= 0.6 is 0 Å². The fourth-order valence-corrected chi connectivity index (χ4v) is 4.05. The summed E-state index contributed by atoms with van der Waals surface area (Å²) in [5.41, 5.74) is 1.09. The standard InChI is InChI=1S/C23H26N4O4/c1-25-23(29)27(18-9-5-4-6-10-18)21(24-25)16-8-7-11-26(15-16)22(28)17-12-19(30-2)14-20(13-17)31-3/h4-6,9-10,12-14,16H,7-8,11,15H2,1-3H3. The number of methoxy groups -OCH3 is 2. The molecule has 0 spiro atoms. The van der Waals surface area contributed by atoms with E-state index in [1.54, 1.807) is 44.0 Å². The van der Waals surface area contributed by atoms with Crippen LogP contribution in [-0.4, -0.2) is 52.5 Å². The lowest BCUT2D eigenvalue weighted by molar-refractivity contribution is 0.0703. The number of benzene rings is 2. The number of piperidine rings is 1. The minimum absolute atomic E-state index is 0.0423. The van der Waals surface area contributed by atoms with Crippen LogP contribution in [-0.2, 0) is 7.05 Å². The molecule has 1 saturated heterocycles. The third kappa shape index (κ3) is 4.05. The predicted octanol–water partition coefficient (Wildman–Crippen LogP) is 2.61. The van der Waals surface area contributed by atoms with Crippen molar-refractivity contribution in [2.45, 2.75) is 18.8 Å². The minimum Gasteiger partial charge on any atom is -0.497 e. The minimum atomic E-state index is -0.192. The lowest BCUT2D eigenvalue weighted by atomic mass is 9.96. The number of aryl methyl sites for hydroxylation is 1. The summed E-state index contributed by atoms with van der Waals surface area (Å²) in [6.07, 6.45) is 1.69. The van der Waals surface area contributed by atoms with Crippen molar-refractivity contribution in [1.82, 2.24) is 19.2 Å². The first-order valence-corrected chi connectivity index (χ1v) is 10.3. The third-order valence-corrected chi connectivity index (χ3v) is 5.64. The lowest BCUT2D eigenvalue weighted by Gasteiger charge is -2.32. The van der Waals surface area contributed by atoms with E-state index >= 15 is 0 Å². The van der Waals surface area contributed by atoms with E-state index in [9.17, 15) is 9.59 Å². The second-order valence-electron chi connectivity index (χ2n) is 7.63. The fourth-order valence-electron chi connectivity index (χ4n) is 4.05. The van der Waals surface area contributed by atoms with E-state index < -0.39 is 0 Å². The molecular formula is C23H26N4O4. The summed E-state index contributed by atoms with van der Waals surface area (Å²) < 4.78 is 13.6. The van der Waals surface area contributed by atoms with E-state index in [1.165, 1.54) is 4.68 Å². The van der Waals surface area contributed by atoms with Crippen LogP contribution in [0.3, 0.4) is 0 Å². The molecule has 0 N–H and O–H groups in total. The molecule has 8 nitrogen and oxygen atoms in total. The largest absolute Gasteiger partial charge is 0.497 e. The van der Waals surface area contributed by atoms with Gasteiger partial charge in [-0.1, -0.05) is 18.2 Å². The molecule has 1 aliphatic rings. The van der Waals surface area contributed by atoms with Crippen LogP contribution in [0.2, 0.25) is 0 Å². The van der Waals surface area contributed by atoms with E-state index in [2.05, 4.69) is 5.10 Å². The van der Waals surface area contributed by atoms with Crippen LogP contribution in [0.25, 0.3) is 5.69 Å². The summed E-state index contributed by atoms with van der Waals surface area (Å²) in [4.78, 5) is 27.8. The van der Waals surface area contributed by atoms with E-state index in [4.69, 9.17) is 9.47 Å². The molecule has 0 aliphatic carbocycles. The maximum atomic E-state index is 13.3. The molecule has 0 bridgehead atoms. The number of ether oxygens (including phenoxy) is 2. The Morgan fingerprint density at radius 1 is 1.06 bits per heavy atom. The highest BCUT2D eigenvalue weighted by Gasteiger charge is 2.30. The molecule has 162 valence electrons. The second-order valence-corrected chi connectivity index (χ2v) is 7.63. The number of carbonyl (C=O) groups is 1. The maximum Gasteiger partial charge on any atom is 0.350 e. The van der Waals surface area contributed by atoms with E-state index in [0.29, 0.717) is 36.0 Å². The smallest absolute Gasteiger partial charge is 0.350 e. The number of carbonyl (C=O) groups excluding carboxylic acids is 1. The molecule has 1 amide bonds. The van der Waals surface area contributed by atoms with E-state index in [1.807, 2.05) is 35.2 Å². The van der Waals surface area contributed by atoms with Crippen LogP contribution in [0.4, 0.5) is 0 Å². The molecule has 2 heterocycles. The maximum absolute atomic E-state index is 13.3. The normalized spacial score (nSPS) is 16.2. The van der Waals surface area contributed by atoms with Gasteiger partial charge in [0.1, 0.15) is 17.3 Å². The first-order valence-electron chi connectivity index (χ1n) is 10.3. The van der Waals surface area contributed by atoms with Gasteiger partial charge < -0.3 is 14.4 Å². The first-order chi connectivity index (χ1) is 15.0. The van der Waals surface area contributed by atoms with Gasteiger partial charge >= 0.3 is 5.69 Å². The molecule has 1 atom stereocenters. The quantitative estimate of drug-likeness (QED) is 0.632. The molecule has 31 heavy (non-hydrogen) atoms.